The molecule has 0 bridgehead atoms. The topological polar surface area (TPSA) is 30.2 Å². The van der Waals surface area contributed by atoms with Crippen molar-refractivity contribution in [1.82, 2.24) is 0 Å². The second-order valence-corrected chi connectivity index (χ2v) is 21.0. The van der Waals surface area contributed by atoms with E-state index in [1.54, 1.807) is 0 Å². The highest BCUT2D eigenvalue weighted by molar-refractivity contribution is 5.88. The predicted octanol–water partition coefficient (Wildman–Crippen LogP) is 13.5. The first-order chi connectivity index (χ1) is 24.7. The SMILES string of the molecule is C=C(C)[C@@H]1CC[C@]2(C)CC[C@]3(C)[C@H](CC[C@@H]4[C@@]5(C)CC[C@H](OC(=O)c6ccc[n+](CCCCCCCCCCCCC)c6)C(C)(C)[C@@H]5CC[C@]43C)[C@@H]12. The molecule has 1 aromatic heterocycles. The number of carbonyl (C=O) groups excluding carboxylic acids is 1. The molecule has 0 aromatic carbocycles. The van der Waals surface area contributed by atoms with Gasteiger partial charge in [-0.25, -0.2) is 9.36 Å². The van der Waals surface area contributed by atoms with Crippen LogP contribution in [0, 0.1) is 56.7 Å². The summed E-state index contributed by atoms with van der Waals surface area (Å²) >= 11 is 0. The summed E-state index contributed by atoms with van der Waals surface area (Å²) in [6, 6.07) is 4.00. The van der Waals surface area contributed by atoms with Crippen LogP contribution in [0.4, 0.5) is 0 Å². The third-order valence-corrected chi connectivity index (χ3v) is 17.8. The number of hydrogen-bond acceptors (Lipinski definition) is 2. The number of carbonyl (C=O) groups is 1. The van der Waals surface area contributed by atoms with E-state index in [2.05, 4.69) is 72.7 Å². The summed E-state index contributed by atoms with van der Waals surface area (Å²) < 4.78 is 8.76. The van der Waals surface area contributed by atoms with Gasteiger partial charge in [0.25, 0.3) is 0 Å². The first-order valence-corrected chi connectivity index (χ1v) is 22.6. The zero-order chi connectivity index (χ0) is 37.4. The minimum absolute atomic E-state index is 0.0279. The van der Waals surface area contributed by atoms with Crippen LogP contribution in [0.3, 0.4) is 0 Å². The van der Waals surface area contributed by atoms with Crippen LogP contribution in [0.25, 0.3) is 0 Å². The number of pyridine rings is 1. The molecule has 3 heteroatoms. The monoisotopic (exact) mass is 715 g/mol. The van der Waals surface area contributed by atoms with Gasteiger partial charge in [0.1, 0.15) is 18.2 Å². The molecule has 52 heavy (non-hydrogen) atoms. The molecule has 0 amide bonds. The fraction of sp³-hybridized carbons (Fsp3) is 0.837. The van der Waals surface area contributed by atoms with E-state index >= 15 is 0 Å². The van der Waals surface area contributed by atoms with E-state index in [9.17, 15) is 4.79 Å². The predicted molar refractivity (Wildman–Crippen MR) is 217 cm³/mol. The van der Waals surface area contributed by atoms with E-state index < -0.39 is 0 Å². The summed E-state index contributed by atoms with van der Waals surface area (Å²) in [5.74, 6) is 3.55. The third-order valence-electron chi connectivity index (χ3n) is 17.8. The smallest absolute Gasteiger partial charge is 0.344 e. The molecule has 10 atom stereocenters. The van der Waals surface area contributed by atoms with E-state index in [1.807, 2.05) is 18.3 Å². The van der Waals surface area contributed by atoms with Gasteiger partial charge in [0.15, 0.2) is 12.4 Å². The van der Waals surface area contributed by atoms with Crippen LogP contribution in [-0.4, -0.2) is 12.1 Å². The molecule has 6 rings (SSSR count). The van der Waals surface area contributed by atoms with Gasteiger partial charge in [0.2, 0.25) is 0 Å². The molecule has 0 N–H and O–H groups in total. The second kappa shape index (κ2) is 15.8. The second-order valence-electron chi connectivity index (χ2n) is 21.0. The first-order valence-electron chi connectivity index (χ1n) is 22.6. The lowest BCUT2D eigenvalue weighted by Gasteiger charge is -2.73. The lowest BCUT2D eigenvalue weighted by Crippen LogP contribution is -2.66. The fourth-order valence-electron chi connectivity index (χ4n) is 14.6. The molecular weight excluding hydrogens is 635 g/mol. The standard InChI is InChI=1S/C49H80NO2/c1-10-11-12-13-14-15-16-17-18-19-20-33-50-34-21-22-37(35-50)44(51)52-42-27-29-47(7)40(45(42,4)5)26-30-49(9)41(47)24-23-39-43-38(36(2)3)25-28-46(43,6)31-32-48(39,49)8/h21-22,34-35,38-43H,2,10-20,23-33H2,1,3-9H3/q+1/t38-,39+,40-,41+,42-,43+,46+,47-,48+,49+/m0/s1. The summed E-state index contributed by atoms with van der Waals surface area (Å²) in [6.07, 6.45) is 32.1. The molecule has 0 saturated heterocycles. The molecule has 292 valence electrons. The van der Waals surface area contributed by atoms with E-state index in [-0.39, 0.29) is 17.5 Å². The van der Waals surface area contributed by atoms with Gasteiger partial charge in [-0.2, -0.15) is 0 Å². The molecule has 1 heterocycles. The van der Waals surface area contributed by atoms with Gasteiger partial charge in [-0.15, -0.1) is 0 Å². The van der Waals surface area contributed by atoms with Crippen molar-refractivity contribution in [2.45, 2.75) is 203 Å². The van der Waals surface area contributed by atoms with Crippen LogP contribution < -0.4 is 4.57 Å². The average molecular weight is 715 g/mol. The maximum absolute atomic E-state index is 13.8. The van der Waals surface area contributed by atoms with Gasteiger partial charge < -0.3 is 4.74 Å². The molecule has 5 aliphatic carbocycles. The Balaban J connectivity index is 1.05. The van der Waals surface area contributed by atoms with Gasteiger partial charge in [0, 0.05) is 17.9 Å². The number of fused-ring (bicyclic) bond motifs is 7. The zero-order valence-corrected chi connectivity index (χ0v) is 35.3. The summed E-state index contributed by atoms with van der Waals surface area (Å²) in [6.45, 7) is 25.9. The molecule has 0 aliphatic heterocycles. The molecule has 5 saturated carbocycles. The van der Waals surface area contributed by atoms with E-state index in [1.165, 1.54) is 134 Å². The van der Waals surface area contributed by atoms with Gasteiger partial charge >= 0.3 is 5.97 Å². The maximum Gasteiger partial charge on any atom is 0.344 e. The Morgan fingerprint density at radius 3 is 2.12 bits per heavy atom. The highest BCUT2D eigenvalue weighted by Crippen LogP contribution is 2.77. The number of aromatic nitrogens is 1. The minimum Gasteiger partial charge on any atom is -0.458 e. The highest BCUT2D eigenvalue weighted by atomic mass is 16.5. The van der Waals surface area contributed by atoms with Crippen molar-refractivity contribution in [3.8, 4) is 0 Å². The normalized spacial score (nSPS) is 39.2. The van der Waals surface area contributed by atoms with Crippen LogP contribution >= 0.6 is 0 Å². The lowest BCUT2D eigenvalue weighted by atomic mass is 9.32. The quantitative estimate of drug-likeness (QED) is 0.0783. The summed E-state index contributed by atoms with van der Waals surface area (Å²) in [5, 5.41) is 0. The van der Waals surface area contributed by atoms with E-state index in [0.717, 1.165) is 36.6 Å². The van der Waals surface area contributed by atoms with Crippen LogP contribution in [0.2, 0.25) is 0 Å². The number of aryl methyl sites for hydroxylation is 1. The summed E-state index contributed by atoms with van der Waals surface area (Å²) in [5.41, 5.74) is 3.69. The summed E-state index contributed by atoms with van der Waals surface area (Å²) in [4.78, 5) is 13.8. The van der Waals surface area contributed by atoms with Crippen molar-refractivity contribution in [2.24, 2.45) is 56.7 Å². The summed E-state index contributed by atoms with van der Waals surface area (Å²) in [7, 11) is 0. The molecule has 0 spiro atoms. The Morgan fingerprint density at radius 2 is 1.44 bits per heavy atom. The van der Waals surface area contributed by atoms with E-state index in [0.29, 0.717) is 33.1 Å². The van der Waals surface area contributed by atoms with Crippen LogP contribution in [0.1, 0.15) is 201 Å². The lowest BCUT2D eigenvalue weighted by molar-refractivity contribution is -0.697. The number of nitrogens with zero attached hydrogens (tertiary/aromatic N) is 1. The van der Waals surface area contributed by atoms with Crippen molar-refractivity contribution < 1.29 is 14.1 Å². The molecule has 0 unspecified atom stereocenters. The maximum atomic E-state index is 13.8. The number of hydrogen-bond donors (Lipinski definition) is 0. The Bertz CT molecular complexity index is 1400. The fourth-order valence-corrected chi connectivity index (χ4v) is 14.6. The molecule has 5 fully saturated rings. The number of esters is 1. The Labute approximate surface area is 320 Å². The van der Waals surface area contributed by atoms with E-state index in [4.69, 9.17) is 4.74 Å². The Kier molecular flexibility index (Phi) is 12.2. The zero-order valence-electron chi connectivity index (χ0n) is 35.3. The van der Waals surface area contributed by atoms with Crippen LogP contribution in [0.5, 0.6) is 0 Å². The third kappa shape index (κ3) is 7.24. The first kappa shape index (κ1) is 40.0. The molecule has 5 aliphatic rings. The van der Waals surface area contributed by atoms with Crippen molar-refractivity contribution in [3.05, 3.63) is 42.2 Å². The average Bonchev–Trinajstić information content (AvgIpc) is 3.46. The van der Waals surface area contributed by atoms with Crippen LogP contribution in [-0.2, 0) is 11.3 Å². The van der Waals surface area contributed by atoms with Gasteiger partial charge in [-0.3, -0.25) is 0 Å². The minimum atomic E-state index is -0.127. The van der Waals surface area contributed by atoms with Gasteiger partial charge in [-0.1, -0.05) is 118 Å². The van der Waals surface area contributed by atoms with Gasteiger partial charge in [0.05, 0.1) is 0 Å². The Hall–Kier alpha value is -1.64. The molecule has 0 radical (unpaired) electrons. The highest BCUT2D eigenvalue weighted by Gasteiger charge is 2.70. The number of allylic oxidation sites excluding steroid dienone is 1. The van der Waals surface area contributed by atoms with Crippen molar-refractivity contribution in [1.29, 1.82) is 0 Å². The largest absolute Gasteiger partial charge is 0.458 e. The van der Waals surface area contributed by atoms with Crippen LogP contribution in [0.15, 0.2) is 36.7 Å². The molecule has 3 nitrogen and oxygen atoms in total. The van der Waals surface area contributed by atoms with Crippen molar-refractivity contribution >= 4 is 5.97 Å². The van der Waals surface area contributed by atoms with Crippen molar-refractivity contribution in [2.75, 3.05) is 0 Å². The molecule has 1 aromatic rings. The number of ether oxygens (including phenoxy) is 1. The van der Waals surface area contributed by atoms with Crippen molar-refractivity contribution in [3.63, 3.8) is 0 Å². The number of unbranched alkanes of at least 4 members (excludes halogenated alkanes) is 10. The molecular formula is C49H80NO2+. The number of rotatable bonds is 15. The van der Waals surface area contributed by atoms with Gasteiger partial charge in [-0.05, 0) is 135 Å². The Morgan fingerprint density at radius 1 is 0.769 bits per heavy atom.